The largest absolute Gasteiger partial charge is 0.309 e. The zero-order valence-corrected chi connectivity index (χ0v) is 26.5. The summed E-state index contributed by atoms with van der Waals surface area (Å²) in [5.74, 6) is 0.674. The van der Waals surface area contributed by atoms with E-state index in [1.807, 2.05) is 24.5 Å². The van der Waals surface area contributed by atoms with Gasteiger partial charge in [0.15, 0.2) is 5.82 Å². The molecule has 0 saturated carbocycles. The average Bonchev–Trinajstić information content (AvgIpc) is 3.53. The number of rotatable bonds is 6. The summed E-state index contributed by atoms with van der Waals surface area (Å²) in [7, 11) is 0. The Morgan fingerprint density at radius 2 is 0.816 bits per heavy atom. The Kier molecular flexibility index (Phi) is 7.06. The fourth-order valence-corrected chi connectivity index (χ4v) is 6.57. The number of pyridine rings is 2. The number of fused-ring (bicyclic) bond motifs is 3. The second-order valence-corrected chi connectivity index (χ2v) is 12.0. The summed E-state index contributed by atoms with van der Waals surface area (Å²) < 4.78 is 2.33. The molecule has 49 heavy (non-hydrogen) atoms. The number of hydrogen-bond acceptors (Lipinski definition) is 4. The predicted molar refractivity (Wildman–Crippen MR) is 199 cm³/mol. The van der Waals surface area contributed by atoms with Crippen molar-refractivity contribution >= 4 is 21.8 Å². The van der Waals surface area contributed by atoms with Crippen LogP contribution in [-0.4, -0.2) is 24.5 Å². The van der Waals surface area contributed by atoms with Crippen molar-refractivity contribution in [2.45, 2.75) is 0 Å². The van der Waals surface area contributed by atoms with Crippen molar-refractivity contribution in [3.63, 3.8) is 0 Å². The van der Waals surface area contributed by atoms with Gasteiger partial charge in [-0.25, -0.2) is 9.97 Å². The van der Waals surface area contributed by atoms with Crippen molar-refractivity contribution in [2.75, 3.05) is 0 Å². The molecule has 0 aliphatic rings. The first kappa shape index (κ1) is 28.5. The SMILES string of the molecule is c1cncc(-c2ccc(-c3cc(-c4ccc(-n5c6ccccc6c6ccccc65)cc4)nc(-c4ccc(-c5cccnc5)cc4)n3)cc2)c1. The van der Waals surface area contributed by atoms with Gasteiger partial charge in [-0.15, -0.1) is 0 Å². The van der Waals surface area contributed by atoms with Crippen molar-refractivity contribution in [1.29, 1.82) is 0 Å². The molecule has 4 aromatic heterocycles. The van der Waals surface area contributed by atoms with E-state index < -0.39 is 0 Å². The lowest BCUT2D eigenvalue weighted by molar-refractivity contribution is 1.17. The molecule has 0 atom stereocenters. The summed E-state index contributed by atoms with van der Waals surface area (Å²) in [6, 6.07) is 52.8. The third kappa shape index (κ3) is 5.33. The van der Waals surface area contributed by atoms with Gasteiger partial charge in [0.05, 0.1) is 22.4 Å². The van der Waals surface area contributed by atoms with Gasteiger partial charge in [-0.3, -0.25) is 9.97 Å². The fraction of sp³-hybridized carbons (Fsp3) is 0. The highest BCUT2D eigenvalue weighted by molar-refractivity contribution is 6.09. The van der Waals surface area contributed by atoms with Crippen LogP contribution in [0.15, 0.2) is 176 Å². The van der Waals surface area contributed by atoms with Gasteiger partial charge in [-0.1, -0.05) is 109 Å². The molecule has 5 heteroatoms. The Labute approximate surface area is 283 Å². The molecule has 0 unspecified atom stereocenters. The zero-order valence-electron chi connectivity index (χ0n) is 26.5. The van der Waals surface area contributed by atoms with Crippen LogP contribution in [0.4, 0.5) is 0 Å². The van der Waals surface area contributed by atoms with E-state index in [2.05, 4.69) is 154 Å². The van der Waals surface area contributed by atoms with E-state index in [0.717, 1.165) is 56.0 Å². The summed E-state index contributed by atoms with van der Waals surface area (Å²) in [5.41, 5.74) is 12.5. The van der Waals surface area contributed by atoms with Crippen LogP contribution >= 0.6 is 0 Å². The topological polar surface area (TPSA) is 56.5 Å². The summed E-state index contributed by atoms with van der Waals surface area (Å²) in [6.45, 7) is 0. The quantitative estimate of drug-likeness (QED) is 0.184. The number of para-hydroxylation sites is 2. The van der Waals surface area contributed by atoms with Gasteiger partial charge in [-0.05, 0) is 64.7 Å². The third-order valence-corrected chi connectivity index (χ3v) is 9.04. The molecular weight excluding hydrogens is 599 g/mol. The standard InChI is InChI=1S/C44H29N5/c1-3-11-42-38(9-1)39-10-2-4-12-43(39)49(42)37-23-21-33(22-24-37)41-27-40(32-17-13-30(14-18-32)35-7-5-25-45-28-35)47-44(48-41)34-19-15-31(16-20-34)36-8-6-26-46-29-36/h1-29H. The summed E-state index contributed by atoms with van der Waals surface area (Å²) in [6.07, 6.45) is 7.34. The molecule has 0 bridgehead atoms. The van der Waals surface area contributed by atoms with E-state index in [4.69, 9.17) is 9.97 Å². The van der Waals surface area contributed by atoms with Crippen LogP contribution in [0.5, 0.6) is 0 Å². The van der Waals surface area contributed by atoms with Gasteiger partial charge >= 0.3 is 0 Å². The minimum Gasteiger partial charge on any atom is -0.309 e. The van der Waals surface area contributed by atoms with Gasteiger partial charge in [-0.2, -0.15) is 0 Å². The maximum atomic E-state index is 5.12. The highest BCUT2D eigenvalue weighted by Crippen LogP contribution is 2.34. The van der Waals surface area contributed by atoms with Crippen LogP contribution in [0.1, 0.15) is 0 Å². The molecule has 0 saturated heterocycles. The Hall–Kier alpha value is -6.72. The lowest BCUT2D eigenvalue weighted by Gasteiger charge is -2.12. The molecule has 5 nitrogen and oxygen atoms in total. The van der Waals surface area contributed by atoms with Crippen molar-refractivity contribution < 1.29 is 0 Å². The molecule has 0 spiro atoms. The van der Waals surface area contributed by atoms with E-state index in [9.17, 15) is 0 Å². The molecule has 0 radical (unpaired) electrons. The zero-order chi connectivity index (χ0) is 32.6. The van der Waals surface area contributed by atoms with Crippen LogP contribution in [0.3, 0.4) is 0 Å². The molecule has 5 aromatic carbocycles. The van der Waals surface area contributed by atoms with E-state index in [0.29, 0.717) is 5.82 Å². The monoisotopic (exact) mass is 627 g/mol. The minimum absolute atomic E-state index is 0.674. The van der Waals surface area contributed by atoms with Gasteiger partial charge in [0.25, 0.3) is 0 Å². The molecule has 0 amide bonds. The summed E-state index contributed by atoms with van der Waals surface area (Å²) in [4.78, 5) is 18.8. The summed E-state index contributed by atoms with van der Waals surface area (Å²) >= 11 is 0. The fourth-order valence-electron chi connectivity index (χ4n) is 6.57. The maximum Gasteiger partial charge on any atom is 0.160 e. The Bertz CT molecular complexity index is 2400. The lowest BCUT2D eigenvalue weighted by Crippen LogP contribution is -1.97. The second kappa shape index (κ2) is 12.1. The van der Waals surface area contributed by atoms with Crippen LogP contribution in [-0.2, 0) is 0 Å². The third-order valence-electron chi connectivity index (χ3n) is 9.04. The molecule has 9 rings (SSSR count). The van der Waals surface area contributed by atoms with Crippen molar-refractivity contribution in [3.8, 4) is 61.8 Å². The molecule has 9 aromatic rings. The Balaban J connectivity index is 1.13. The van der Waals surface area contributed by atoms with Gasteiger partial charge < -0.3 is 4.57 Å². The molecule has 4 heterocycles. The van der Waals surface area contributed by atoms with E-state index >= 15 is 0 Å². The first-order chi connectivity index (χ1) is 24.3. The predicted octanol–water partition coefficient (Wildman–Crippen LogP) is 10.7. The van der Waals surface area contributed by atoms with Crippen molar-refractivity contribution in [2.24, 2.45) is 0 Å². The van der Waals surface area contributed by atoms with Crippen LogP contribution in [0.25, 0.3) is 83.6 Å². The molecule has 0 aliphatic carbocycles. The van der Waals surface area contributed by atoms with Gasteiger partial charge in [0.2, 0.25) is 0 Å². The van der Waals surface area contributed by atoms with Crippen molar-refractivity contribution in [1.82, 2.24) is 24.5 Å². The second-order valence-electron chi connectivity index (χ2n) is 12.0. The number of aromatic nitrogens is 5. The maximum absolute atomic E-state index is 5.12. The number of benzene rings is 5. The molecule has 0 aliphatic heterocycles. The summed E-state index contributed by atoms with van der Waals surface area (Å²) in [5, 5.41) is 2.49. The van der Waals surface area contributed by atoms with Gasteiger partial charge in [0, 0.05) is 57.9 Å². The Morgan fingerprint density at radius 3 is 1.31 bits per heavy atom. The molecular formula is C44H29N5. The molecule has 0 N–H and O–H groups in total. The Morgan fingerprint density at radius 1 is 0.367 bits per heavy atom. The normalized spacial score (nSPS) is 11.3. The van der Waals surface area contributed by atoms with E-state index in [1.54, 1.807) is 12.4 Å². The van der Waals surface area contributed by atoms with Gasteiger partial charge in [0.1, 0.15) is 0 Å². The molecule has 0 fully saturated rings. The average molecular weight is 628 g/mol. The lowest BCUT2D eigenvalue weighted by atomic mass is 10.0. The first-order valence-corrected chi connectivity index (χ1v) is 16.3. The highest BCUT2D eigenvalue weighted by atomic mass is 15.0. The number of hydrogen-bond donors (Lipinski definition) is 0. The van der Waals surface area contributed by atoms with E-state index in [-0.39, 0.29) is 0 Å². The highest BCUT2D eigenvalue weighted by Gasteiger charge is 2.14. The van der Waals surface area contributed by atoms with Crippen molar-refractivity contribution in [3.05, 3.63) is 176 Å². The minimum atomic E-state index is 0.674. The van der Waals surface area contributed by atoms with E-state index in [1.165, 1.54) is 21.8 Å². The first-order valence-electron chi connectivity index (χ1n) is 16.3. The smallest absolute Gasteiger partial charge is 0.160 e. The number of nitrogens with zero attached hydrogens (tertiary/aromatic N) is 5. The van der Waals surface area contributed by atoms with Crippen LogP contribution in [0, 0.1) is 0 Å². The van der Waals surface area contributed by atoms with Crippen LogP contribution < -0.4 is 0 Å². The van der Waals surface area contributed by atoms with Crippen LogP contribution in [0.2, 0.25) is 0 Å². The molecule has 230 valence electrons.